The van der Waals surface area contributed by atoms with Gasteiger partial charge in [0.2, 0.25) is 0 Å². The molecule has 0 spiro atoms. The van der Waals surface area contributed by atoms with E-state index in [1.54, 1.807) is 32.4 Å². The minimum absolute atomic E-state index is 0.149. The summed E-state index contributed by atoms with van der Waals surface area (Å²) in [5.41, 5.74) is 0.444. The molecule has 0 saturated carbocycles. The Bertz CT molecular complexity index is 419. The molecule has 5 heteroatoms. The molecule has 0 bridgehead atoms. The maximum Gasteiger partial charge on any atom is 0.259 e. The van der Waals surface area contributed by atoms with Crippen LogP contribution in [0.2, 0.25) is 0 Å². The van der Waals surface area contributed by atoms with E-state index in [-0.39, 0.29) is 11.9 Å². The average molecular weight is 265 g/mol. The number of ether oxygens (including phenoxy) is 3. The van der Waals surface area contributed by atoms with Crippen molar-refractivity contribution in [1.29, 1.82) is 0 Å². The van der Waals surface area contributed by atoms with Crippen molar-refractivity contribution in [3.63, 3.8) is 0 Å². The predicted octanol–water partition coefficient (Wildman–Crippen LogP) is 1.61. The number of carbonyl (C=O) groups excluding carboxylic acids is 1. The maximum absolute atomic E-state index is 12.4. The van der Waals surface area contributed by atoms with Crippen molar-refractivity contribution < 1.29 is 19.0 Å². The van der Waals surface area contributed by atoms with E-state index in [9.17, 15) is 4.79 Å². The molecule has 2 rings (SSSR count). The van der Waals surface area contributed by atoms with Gasteiger partial charge in [-0.05, 0) is 25.0 Å². The molecule has 1 aromatic rings. The SMILES string of the molecule is COc1cccc(OC)c1C(=O)NC1CCOCC1. The highest BCUT2D eigenvalue weighted by molar-refractivity contribution is 5.99. The second-order valence-electron chi connectivity index (χ2n) is 4.40. The lowest BCUT2D eigenvalue weighted by molar-refractivity contribution is 0.0694. The molecule has 1 fully saturated rings. The van der Waals surface area contributed by atoms with E-state index in [1.807, 2.05) is 0 Å². The van der Waals surface area contributed by atoms with Crippen LogP contribution in [0.1, 0.15) is 23.2 Å². The maximum atomic E-state index is 12.4. The van der Waals surface area contributed by atoms with Gasteiger partial charge >= 0.3 is 0 Å². The summed E-state index contributed by atoms with van der Waals surface area (Å²) >= 11 is 0. The number of hydrogen-bond donors (Lipinski definition) is 1. The highest BCUT2D eigenvalue weighted by Gasteiger charge is 2.22. The predicted molar refractivity (Wildman–Crippen MR) is 70.9 cm³/mol. The fourth-order valence-corrected chi connectivity index (χ4v) is 2.17. The lowest BCUT2D eigenvalue weighted by Crippen LogP contribution is -2.39. The molecule has 0 aliphatic carbocycles. The van der Waals surface area contributed by atoms with Gasteiger partial charge in [-0.2, -0.15) is 0 Å². The summed E-state index contributed by atoms with van der Waals surface area (Å²) in [6.45, 7) is 1.38. The normalized spacial score (nSPS) is 15.9. The number of rotatable bonds is 4. The van der Waals surface area contributed by atoms with Crippen molar-refractivity contribution in [3.8, 4) is 11.5 Å². The summed E-state index contributed by atoms with van der Waals surface area (Å²) in [4.78, 5) is 12.4. The van der Waals surface area contributed by atoms with Gasteiger partial charge in [0.25, 0.3) is 5.91 Å². The number of hydrogen-bond acceptors (Lipinski definition) is 4. The first kappa shape index (κ1) is 13.7. The zero-order valence-electron chi connectivity index (χ0n) is 11.3. The first-order valence-corrected chi connectivity index (χ1v) is 6.36. The molecular weight excluding hydrogens is 246 g/mol. The van der Waals surface area contributed by atoms with Crippen molar-refractivity contribution in [1.82, 2.24) is 5.32 Å². The summed E-state index contributed by atoms with van der Waals surface area (Å²) in [6.07, 6.45) is 1.67. The van der Waals surface area contributed by atoms with Crippen molar-refractivity contribution in [2.24, 2.45) is 0 Å². The van der Waals surface area contributed by atoms with Crippen LogP contribution in [0.25, 0.3) is 0 Å². The van der Waals surface area contributed by atoms with Crippen molar-refractivity contribution in [3.05, 3.63) is 23.8 Å². The Kier molecular flexibility index (Phi) is 4.63. The molecule has 0 atom stereocenters. The van der Waals surface area contributed by atoms with Gasteiger partial charge in [0.15, 0.2) is 0 Å². The van der Waals surface area contributed by atoms with Crippen molar-refractivity contribution in [2.75, 3.05) is 27.4 Å². The van der Waals surface area contributed by atoms with Gasteiger partial charge in [-0.3, -0.25) is 4.79 Å². The largest absolute Gasteiger partial charge is 0.496 e. The quantitative estimate of drug-likeness (QED) is 0.898. The van der Waals surface area contributed by atoms with Crippen LogP contribution in [0.4, 0.5) is 0 Å². The van der Waals surface area contributed by atoms with Crippen LogP contribution in [-0.4, -0.2) is 39.4 Å². The standard InChI is InChI=1S/C14H19NO4/c1-17-11-4-3-5-12(18-2)13(11)14(16)15-10-6-8-19-9-7-10/h3-5,10H,6-9H2,1-2H3,(H,15,16). The van der Waals surface area contributed by atoms with E-state index in [0.29, 0.717) is 30.3 Å². The van der Waals surface area contributed by atoms with Gasteiger partial charge in [-0.25, -0.2) is 0 Å². The molecule has 0 aromatic heterocycles. The van der Waals surface area contributed by atoms with Crippen LogP contribution in [-0.2, 0) is 4.74 Å². The van der Waals surface area contributed by atoms with E-state index >= 15 is 0 Å². The number of nitrogens with one attached hydrogen (secondary N) is 1. The summed E-state index contributed by atoms with van der Waals surface area (Å²) in [5, 5.41) is 3.01. The third-order valence-electron chi connectivity index (χ3n) is 3.21. The Balaban J connectivity index is 2.17. The molecule has 1 aromatic carbocycles. The summed E-state index contributed by atoms with van der Waals surface area (Å²) in [6, 6.07) is 5.45. The summed E-state index contributed by atoms with van der Waals surface area (Å²) in [5.74, 6) is 0.869. The molecule has 5 nitrogen and oxygen atoms in total. The lowest BCUT2D eigenvalue weighted by Gasteiger charge is -2.24. The minimum Gasteiger partial charge on any atom is -0.496 e. The number of amides is 1. The smallest absolute Gasteiger partial charge is 0.259 e. The lowest BCUT2D eigenvalue weighted by atomic mass is 10.1. The molecule has 1 heterocycles. The minimum atomic E-state index is -0.166. The fraction of sp³-hybridized carbons (Fsp3) is 0.500. The molecule has 104 valence electrons. The average Bonchev–Trinajstić information content (AvgIpc) is 2.47. The molecule has 1 N–H and O–H groups in total. The molecule has 19 heavy (non-hydrogen) atoms. The third-order valence-corrected chi connectivity index (χ3v) is 3.21. The molecule has 0 radical (unpaired) electrons. The van der Waals surface area contributed by atoms with E-state index in [1.165, 1.54) is 0 Å². The van der Waals surface area contributed by atoms with Gasteiger partial charge < -0.3 is 19.5 Å². The summed E-state index contributed by atoms with van der Waals surface area (Å²) < 4.78 is 15.7. The van der Waals surface area contributed by atoms with Crippen LogP contribution >= 0.6 is 0 Å². The zero-order chi connectivity index (χ0) is 13.7. The van der Waals surface area contributed by atoms with Gasteiger partial charge in [-0.15, -0.1) is 0 Å². The number of methoxy groups -OCH3 is 2. The molecule has 1 aliphatic rings. The molecule has 1 aliphatic heterocycles. The van der Waals surface area contributed by atoms with Crippen LogP contribution in [0.5, 0.6) is 11.5 Å². The van der Waals surface area contributed by atoms with Crippen LogP contribution in [0, 0.1) is 0 Å². The van der Waals surface area contributed by atoms with Gasteiger partial charge in [0, 0.05) is 19.3 Å². The van der Waals surface area contributed by atoms with Crippen molar-refractivity contribution in [2.45, 2.75) is 18.9 Å². The Morgan fingerprint density at radius 1 is 1.21 bits per heavy atom. The van der Waals surface area contributed by atoms with Gasteiger partial charge in [-0.1, -0.05) is 6.07 Å². The molecule has 1 amide bonds. The molecular formula is C14H19NO4. The number of carbonyl (C=O) groups is 1. The Morgan fingerprint density at radius 3 is 2.32 bits per heavy atom. The highest BCUT2D eigenvalue weighted by Crippen LogP contribution is 2.28. The topological polar surface area (TPSA) is 56.8 Å². The van der Waals surface area contributed by atoms with Gasteiger partial charge in [0.1, 0.15) is 17.1 Å². The second kappa shape index (κ2) is 6.43. The first-order chi connectivity index (χ1) is 9.26. The van der Waals surface area contributed by atoms with E-state index in [2.05, 4.69) is 5.32 Å². The zero-order valence-corrected chi connectivity index (χ0v) is 11.3. The third kappa shape index (κ3) is 3.17. The van der Waals surface area contributed by atoms with Crippen LogP contribution in [0.15, 0.2) is 18.2 Å². The Hall–Kier alpha value is -1.75. The molecule has 0 unspecified atom stereocenters. The monoisotopic (exact) mass is 265 g/mol. The summed E-state index contributed by atoms with van der Waals surface area (Å²) in [7, 11) is 3.08. The second-order valence-corrected chi connectivity index (χ2v) is 4.40. The molecule has 1 saturated heterocycles. The Morgan fingerprint density at radius 2 is 1.79 bits per heavy atom. The Labute approximate surface area is 112 Å². The van der Waals surface area contributed by atoms with E-state index in [0.717, 1.165) is 12.8 Å². The van der Waals surface area contributed by atoms with Crippen LogP contribution < -0.4 is 14.8 Å². The van der Waals surface area contributed by atoms with Gasteiger partial charge in [0.05, 0.1) is 14.2 Å². The van der Waals surface area contributed by atoms with E-state index < -0.39 is 0 Å². The van der Waals surface area contributed by atoms with Crippen LogP contribution in [0.3, 0.4) is 0 Å². The van der Waals surface area contributed by atoms with Crippen molar-refractivity contribution >= 4 is 5.91 Å². The number of benzene rings is 1. The van der Waals surface area contributed by atoms with E-state index in [4.69, 9.17) is 14.2 Å². The fourth-order valence-electron chi connectivity index (χ4n) is 2.17. The highest BCUT2D eigenvalue weighted by atomic mass is 16.5. The first-order valence-electron chi connectivity index (χ1n) is 6.36.